The first kappa shape index (κ1) is 31.2. The summed E-state index contributed by atoms with van der Waals surface area (Å²) in [5.74, 6) is -0.720. The van der Waals surface area contributed by atoms with Crippen molar-refractivity contribution in [3.8, 4) is 0 Å². The Balaban J connectivity index is 2.04. The molecule has 2 amide bonds. The molecular formula is C31H38ClN3O4S. The molecule has 0 aliphatic heterocycles. The molecule has 0 saturated heterocycles. The van der Waals surface area contributed by atoms with E-state index in [0.717, 1.165) is 21.9 Å². The Morgan fingerprint density at radius 2 is 1.62 bits per heavy atom. The topological polar surface area (TPSA) is 86.8 Å². The van der Waals surface area contributed by atoms with Crippen molar-refractivity contribution in [2.24, 2.45) is 0 Å². The van der Waals surface area contributed by atoms with Gasteiger partial charge in [0.15, 0.2) is 0 Å². The lowest BCUT2D eigenvalue weighted by Crippen LogP contribution is -2.53. The molecule has 3 aromatic rings. The van der Waals surface area contributed by atoms with E-state index in [2.05, 4.69) is 5.32 Å². The number of sulfonamides is 1. The summed E-state index contributed by atoms with van der Waals surface area (Å²) < 4.78 is 29.1. The lowest BCUT2D eigenvalue weighted by atomic mass is 10.1. The highest BCUT2D eigenvalue weighted by atomic mass is 35.5. The molecule has 0 radical (unpaired) electrons. The van der Waals surface area contributed by atoms with Gasteiger partial charge >= 0.3 is 0 Å². The maximum absolute atomic E-state index is 14.1. The predicted molar refractivity (Wildman–Crippen MR) is 161 cm³/mol. The van der Waals surface area contributed by atoms with E-state index in [4.69, 9.17) is 11.6 Å². The molecule has 0 aliphatic carbocycles. The molecule has 1 N–H and O–H groups in total. The van der Waals surface area contributed by atoms with E-state index < -0.39 is 28.5 Å². The van der Waals surface area contributed by atoms with Crippen molar-refractivity contribution in [2.75, 3.05) is 23.9 Å². The summed E-state index contributed by atoms with van der Waals surface area (Å²) in [6.07, 6.45) is 1.67. The SMILES string of the molecule is CCCNC(=O)[C@H](CC)N(CCc1ccccc1)C(=O)CN(c1cc(Cl)ccc1C)S(=O)(=O)c1ccc(C)cc1. The fourth-order valence-electron chi connectivity index (χ4n) is 4.46. The Kier molecular flexibility index (Phi) is 11.2. The minimum Gasteiger partial charge on any atom is -0.354 e. The Hall–Kier alpha value is -3.36. The average molecular weight is 584 g/mol. The monoisotopic (exact) mass is 583 g/mol. The van der Waals surface area contributed by atoms with E-state index in [0.29, 0.717) is 35.7 Å². The van der Waals surface area contributed by atoms with E-state index >= 15 is 0 Å². The van der Waals surface area contributed by atoms with Gasteiger partial charge in [0.2, 0.25) is 11.8 Å². The van der Waals surface area contributed by atoms with Crippen molar-refractivity contribution < 1.29 is 18.0 Å². The van der Waals surface area contributed by atoms with Gasteiger partial charge in [0, 0.05) is 18.1 Å². The van der Waals surface area contributed by atoms with Gasteiger partial charge in [-0.3, -0.25) is 13.9 Å². The van der Waals surface area contributed by atoms with E-state index in [1.54, 1.807) is 37.3 Å². The standard InChI is InChI=1S/C31H38ClN3O4S/c1-5-19-33-31(37)28(6-2)34(20-18-25-10-8-7-9-11-25)30(36)22-35(29-21-26(32)15-14-24(29)4)40(38,39)27-16-12-23(3)13-17-27/h7-17,21,28H,5-6,18-20,22H2,1-4H3,(H,33,37)/t28-/m0/s1. The molecule has 3 aromatic carbocycles. The molecule has 214 valence electrons. The number of amides is 2. The first-order chi connectivity index (χ1) is 19.1. The molecule has 0 aromatic heterocycles. The second kappa shape index (κ2) is 14.3. The summed E-state index contributed by atoms with van der Waals surface area (Å²) in [6.45, 7) is 7.72. The zero-order valence-corrected chi connectivity index (χ0v) is 25.1. The van der Waals surface area contributed by atoms with Gasteiger partial charge in [-0.15, -0.1) is 0 Å². The molecule has 7 nitrogen and oxygen atoms in total. The summed E-state index contributed by atoms with van der Waals surface area (Å²) in [5.41, 5.74) is 2.89. The number of hydrogen-bond donors (Lipinski definition) is 1. The molecule has 0 aliphatic rings. The minimum absolute atomic E-state index is 0.0637. The van der Waals surface area contributed by atoms with Gasteiger partial charge in [0.1, 0.15) is 12.6 Å². The minimum atomic E-state index is -4.15. The second-order valence-corrected chi connectivity index (χ2v) is 12.1. The highest BCUT2D eigenvalue weighted by molar-refractivity contribution is 7.92. The van der Waals surface area contributed by atoms with Gasteiger partial charge in [-0.25, -0.2) is 8.42 Å². The van der Waals surface area contributed by atoms with Gasteiger partial charge in [-0.1, -0.05) is 79.5 Å². The molecule has 0 saturated carbocycles. The number of carbonyl (C=O) groups excluding carboxylic acids is 2. The van der Waals surface area contributed by atoms with Crippen LogP contribution in [0, 0.1) is 13.8 Å². The molecule has 40 heavy (non-hydrogen) atoms. The third-order valence-electron chi connectivity index (χ3n) is 6.75. The Morgan fingerprint density at radius 3 is 2.25 bits per heavy atom. The summed E-state index contributed by atoms with van der Waals surface area (Å²) in [7, 11) is -4.15. The number of nitrogens with one attached hydrogen (secondary N) is 1. The number of hydrogen-bond acceptors (Lipinski definition) is 4. The maximum atomic E-state index is 14.1. The number of rotatable bonds is 13. The molecule has 0 heterocycles. The van der Waals surface area contributed by atoms with Gasteiger partial charge < -0.3 is 10.2 Å². The molecule has 0 fully saturated rings. The van der Waals surface area contributed by atoms with Gasteiger partial charge in [0.05, 0.1) is 10.6 Å². The fourth-order valence-corrected chi connectivity index (χ4v) is 6.10. The lowest BCUT2D eigenvalue weighted by molar-refractivity contribution is -0.139. The van der Waals surface area contributed by atoms with Crippen LogP contribution in [0.4, 0.5) is 5.69 Å². The van der Waals surface area contributed by atoms with Gasteiger partial charge in [0.25, 0.3) is 10.0 Å². The number of carbonyl (C=O) groups is 2. The van der Waals surface area contributed by atoms with Crippen LogP contribution in [0.3, 0.4) is 0 Å². The third-order valence-corrected chi connectivity index (χ3v) is 8.76. The summed E-state index contributed by atoms with van der Waals surface area (Å²) in [6, 6.07) is 20.4. The van der Waals surface area contributed by atoms with Gasteiger partial charge in [-0.2, -0.15) is 0 Å². The zero-order valence-electron chi connectivity index (χ0n) is 23.6. The smallest absolute Gasteiger partial charge is 0.264 e. The Bertz CT molecular complexity index is 1400. The van der Waals surface area contributed by atoms with E-state index in [1.807, 2.05) is 51.1 Å². The Labute approximate surface area is 243 Å². The normalized spacial score (nSPS) is 12.0. The quantitative estimate of drug-likeness (QED) is 0.287. The van der Waals surface area contributed by atoms with Gasteiger partial charge in [-0.05, 0) is 68.5 Å². The largest absolute Gasteiger partial charge is 0.354 e. The summed E-state index contributed by atoms with van der Waals surface area (Å²) >= 11 is 6.29. The summed E-state index contributed by atoms with van der Waals surface area (Å²) in [5, 5.41) is 3.25. The van der Waals surface area contributed by atoms with Crippen LogP contribution in [0.1, 0.15) is 43.4 Å². The number of anilines is 1. The van der Waals surface area contributed by atoms with Crippen molar-refractivity contribution in [1.29, 1.82) is 0 Å². The first-order valence-electron chi connectivity index (χ1n) is 13.5. The second-order valence-electron chi connectivity index (χ2n) is 9.79. The van der Waals surface area contributed by atoms with Crippen molar-refractivity contribution in [3.63, 3.8) is 0 Å². The van der Waals surface area contributed by atoms with Crippen LogP contribution in [0.5, 0.6) is 0 Å². The molecule has 3 rings (SSSR count). The van der Waals surface area contributed by atoms with Crippen LogP contribution in [0.2, 0.25) is 5.02 Å². The van der Waals surface area contributed by atoms with Crippen LogP contribution < -0.4 is 9.62 Å². The van der Waals surface area contributed by atoms with Crippen molar-refractivity contribution in [2.45, 2.75) is 57.9 Å². The average Bonchev–Trinajstić information content (AvgIpc) is 2.94. The number of halogens is 1. The highest BCUT2D eigenvalue weighted by Gasteiger charge is 2.34. The summed E-state index contributed by atoms with van der Waals surface area (Å²) in [4.78, 5) is 28.8. The first-order valence-corrected chi connectivity index (χ1v) is 15.4. The highest BCUT2D eigenvalue weighted by Crippen LogP contribution is 2.30. The lowest BCUT2D eigenvalue weighted by Gasteiger charge is -2.33. The molecular weight excluding hydrogens is 546 g/mol. The van der Waals surface area contributed by atoms with Crippen LogP contribution >= 0.6 is 11.6 Å². The van der Waals surface area contributed by atoms with Crippen molar-refractivity contribution in [1.82, 2.24) is 10.2 Å². The van der Waals surface area contributed by atoms with E-state index in [1.165, 1.54) is 17.0 Å². The van der Waals surface area contributed by atoms with Crippen molar-refractivity contribution >= 4 is 39.1 Å². The van der Waals surface area contributed by atoms with E-state index in [9.17, 15) is 18.0 Å². The molecule has 0 spiro atoms. The predicted octanol–water partition coefficient (Wildman–Crippen LogP) is 5.53. The Morgan fingerprint density at radius 1 is 0.950 bits per heavy atom. The number of aryl methyl sites for hydroxylation is 2. The molecule has 9 heteroatoms. The van der Waals surface area contributed by atoms with Crippen LogP contribution in [0.15, 0.2) is 77.7 Å². The number of nitrogens with zero attached hydrogens (tertiary/aromatic N) is 2. The third kappa shape index (κ3) is 7.86. The van der Waals surface area contributed by atoms with Crippen molar-refractivity contribution in [3.05, 3.63) is 94.5 Å². The van der Waals surface area contributed by atoms with Crippen LogP contribution in [-0.2, 0) is 26.0 Å². The van der Waals surface area contributed by atoms with E-state index in [-0.39, 0.29) is 17.3 Å². The maximum Gasteiger partial charge on any atom is 0.264 e. The molecule has 0 bridgehead atoms. The fraction of sp³-hybridized carbons (Fsp3) is 0.355. The molecule has 0 unspecified atom stereocenters. The zero-order chi connectivity index (χ0) is 29.3. The molecule has 1 atom stereocenters. The number of benzene rings is 3. The van der Waals surface area contributed by atoms with Crippen LogP contribution in [-0.4, -0.2) is 50.8 Å². The van der Waals surface area contributed by atoms with Crippen LogP contribution in [0.25, 0.3) is 0 Å².